The van der Waals surface area contributed by atoms with Gasteiger partial charge in [0.2, 0.25) is 5.91 Å². The van der Waals surface area contributed by atoms with Crippen LogP contribution in [0.25, 0.3) is 0 Å². The van der Waals surface area contributed by atoms with E-state index in [0.29, 0.717) is 16.9 Å². The molecule has 1 heterocycles. The molecule has 2 aromatic carbocycles. The molecule has 0 saturated heterocycles. The van der Waals surface area contributed by atoms with Crippen LogP contribution in [0, 0.1) is 0 Å². The lowest BCUT2D eigenvalue weighted by Crippen LogP contribution is -2.32. The fraction of sp³-hybridized carbons (Fsp3) is 0.0500. The molecule has 1 aromatic heterocycles. The summed E-state index contributed by atoms with van der Waals surface area (Å²) in [6.07, 6.45) is 1.42. The van der Waals surface area contributed by atoms with Crippen LogP contribution in [0.15, 0.2) is 77.4 Å². The highest BCUT2D eigenvalue weighted by molar-refractivity contribution is 6.02. The Morgan fingerprint density at radius 2 is 1.41 bits per heavy atom. The zero-order chi connectivity index (χ0) is 19.1. The van der Waals surface area contributed by atoms with Gasteiger partial charge in [-0.15, -0.1) is 0 Å². The molecule has 0 saturated carbocycles. The van der Waals surface area contributed by atoms with E-state index in [1.54, 1.807) is 60.7 Å². The minimum absolute atomic E-state index is 0.148. The maximum Gasteiger partial charge on any atom is 0.291 e. The third-order valence-electron chi connectivity index (χ3n) is 3.62. The second-order valence-corrected chi connectivity index (χ2v) is 5.61. The molecular weight excluding hydrogens is 346 g/mol. The number of benzene rings is 2. The van der Waals surface area contributed by atoms with Crippen molar-refractivity contribution in [2.75, 3.05) is 17.2 Å². The number of hydrogen-bond acceptors (Lipinski definition) is 4. The van der Waals surface area contributed by atoms with E-state index in [4.69, 9.17) is 4.42 Å². The second kappa shape index (κ2) is 8.48. The highest BCUT2D eigenvalue weighted by Crippen LogP contribution is 2.14. The van der Waals surface area contributed by atoms with Gasteiger partial charge in [-0.2, -0.15) is 0 Å². The molecule has 7 nitrogen and oxygen atoms in total. The summed E-state index contributed by atoms with van der Waals surface area (Å²) < 4.78 is 5.02. The molecule has 3 amide bonds. The number of hydrogen-bond donors (Lipinski definition) is 3. The summed E-state index contributed by atoms with van der Waals surface area (Å²) in [6, 6.07) is 18.4. The molecule has 27 heavy (non-hydrogen) atoms. The van der Waals surface area contributed by atoms with E-state index in [1.807, 2.05) is 6.07 Å². The summed E-state index contributed by atoms with van der Waals surface area (Å²) in [7, 11) is 0. The molecule has 3 rings (SSSR count). The van der Waals surface area contributed by atoms with Gasteiger partial charge in [-0.25, -0.2) is 0 Å². The van der Waals surface area contributed by atoms with Gasteiger partial charge in [-0.3, -0.25) is 14.4 Å². The predicted molar refractivity (Wildman–Crippen MR) is 101 cm³/mol. The summed E-state index contributed by atoms with van der Waals surface area (Å²) in [6.45, 7) is -0.148. The van der Waals surface area contributed by atoms with Crippen LogP contribution < -0.4 is 16.0 Å². The van der Waals surface area contributed by atoms with Gasteiger partial charge in [0.05, 0.1) is 12.8 Å². The Kier molecular flexibility index (Phi) is 5.64. The van der Waals surface area contributed by atoms with Crippen molar-refractivity contribution < 1.29 is 18.8 Å². The van der Waals surface area contributed by atoms with Crippen molar-refractivity contribution in [3.63, 3.8) is 0 Å². The molecule has 3 aromatic rings. The van der Waals surface area contributed by atoms with Gasteiger partial charge in [0.1, 0.15) is 0 Å². The Balaban J connectivity index is 1.48. The topological polar surface area (TPSA) is 100 Å². The number of carbonyl (C=O) groups is 3. The first-order valence-corrected chi connectivity index (χ1v) is 8.20. The standard InChI is InChI=1S/C20H17N3O4/c24-18(13-21-19(25)14-5-2-1-3-6-14)22-15-8-10-16(11-9-15)23-20(26)17-7-4-12-27-17/h1-12H,13H2,(H,21,25)(H,22,24)(H,23,26). The molecule has 0 bridgehead atoms. The largest absolute Gasteiger partial charge is 0.459 e. The van der Waals surface area contributed by atoms with Gasteiger partial charge in [-0.05, 0) is 48.5 Å². The lowest BCUT2D eigenvalue weighted by atomic mass is 10.2. The zero-order valence-electron chi connectivity index (χ0n) is 14.3. The number of carbonyl (C=O) groups excluding carboxylic acids is 3. The maximum atomic E-state index is 12.0. The van der Waals surface area contributed by atoms with Crippen molar-refractivity contribution in [2.45, 2.75) is 0 Å². The molecule has 0 aliphatic carbocycles. The fourth-order valence-corrected chi connectivity index (χ4v) is 2.29. The maximum absolute atomic E-state index is 12.0. The lowest BCUT2D eigenvalue weighted by molar-refractivity contribution is -0.115. The van der Waals surface area contributed by atoms with E-state index in [-0.39, 0.29) is 30.0 Å². The van der Waals surface area contributed by atoms with E-state index in [9.17, 15) is 14.4 Å². The van der Waals surface area contributed by atoms with Crippen LogP contribution in [0.4, 0.5) is 11.4 Å². The van der Waals surface area contributed by atoms with Crippen molar-refractivity contribution >= 4 is 29.1 Å². The average molecular weight is 363 g/mol. The van der Waals surface area contributed by atoms with Crippen molar-refractivity contribution in [3.05, 3.63) is 84.3 Å². The van der Waals surface area contributed by atoms with E-state index < -0.39 is 0 Å². The molecule has 0 fully saturated rings. The Morgan fingerprint density at radius 3 is 2.04 bits per heavy atom. The Morgan fingerprint density at radius 1 is 0.741 bits per heavy atom. The molecule has 0 aliphatic heterocycles. The van der Waals surface area contributed by atoms with Gasteiger partial charge in [0, 0.05) is 16.9 Å². The third-order valence-corrected chi connectivity index (χ3v) is 3.62. The summed E-state index contributed by atoms with van der Waals surface area (Å²) in [5, 5.41) is 7.91. The normalized spacial score (nSPS) is 10.1. The molecule has 0 unspecified atom stereocenters. The molecule has 7 heteroatoms. The fourth-order valence-electron chi connectivity index (χ4n) is 2.29. The van der Waals surface area contributed by atoms with Crippen LogP contribution in [0.3, 0.4) is 0 Å². The summed E-state index contributed by atoms with van der Waals surface area (Å²) in [5.41, 5.74) is 1.60. The van der Waals surface area contributed by atoms with Gasteiger partial charge < -0.3 is 20.4 Å². The molecular formula is C20H17N3O4. The lowest BCUT2D eigenvalue weighted by Gasteiger charge is -2.08. The van der Waals surface area contributed by atoms with E-state index >= 15 is 0 Å². The second-order valence-electron chi connectivity index (χ2n) is 5.61. The van der Waals surface area contributed by atoms with Crippen molar-refractivity contribution in [1.82, 2.24) is 5.32 Å². The van der Waals surface area contributed by atoms with Crippen molar-refractivity contribution in [1.29, 1.82) is 0 Å². The average Bonchev–Trinajstić information content (AvgIpc) is 3.23. The molecule has 136 valence electrons. The smallest absolute Gasteiger partial charge is 0.291 e. The molecule has 0 atom stereocenters. The highest BCUT2D eigenvalue weighted by Gasteiger charge is 2.10. The molecule has 0 radical (unpaired) electrons. The first-order valence-electron chi connectivity index (χ1n) is 8.20. The van der Waals surface area contributed by atoms with Crippen LogP contribution in [0.1, 0.15) is 20.9 Å². The van der Waals surface area contributed by atoms with Crippen LogP contribution in [0.2, 0.25) is 0 Å². The summed E-state index contributed by atoms with van der Waals surface area (Å²) in [4.78, 5) is 35.8. The number of anilines is 2. The van der Waals surface area contributed by atoms with Crippen molar-refractivity contribution in [3.8, 4) is 0 Å². The van der Waals surface area contributed by atoms with E-state index in [2.05, 4.69) is 16.0 Å². The predicted octanol–water partition coefficient (Wildman–Crippen LogP) is 2.90. The first-order chi connectivity index (χ1) is 13.1. The van der Waals surface area contributed by atoms with E-state index in [1.165, 1.54) is 6.26 Å². The van der Waals surface area contributed by atoms with Crippen molar-refractivity contribution in [2.24, 2.45) is 0 Å². The summed E-state index contributed by atoms with van der Waals surface area (Å²) >= 11 is 0. The monoisotopic (exact) mass is 363 g/mol. The molecule has 3 N–H and O–H groups in total. The number of nitrogens with one attached hydrogen (secondary N) is 3. The van der Waals surface area contributed by atoms with Gasteiger partial charge in [-0.1, -0.05) is 18.2 Å². The SMILES string of the molecule is O=C(CNC(=O)c1ccccc1)Nc1ccc(NC(=O)c2ccco2)cc1. The van der Waals surface area contributed by atoms with Gasteiger partial charge in [0.25, 0.3) is 11.8 Å². The Labute approximate surface area is 155 Å². The quantitative estimate of drug-likeness (QED) is 0.627. The van der Waals surface area contributed by atoms with Crippen LogP contribution in [0.5, 0.6) is 0 Å². The van der Waals surface area contributed by atoms with E-state index in [0.717, 1.165) is 0 Å². The Hall–Kier alpha value is -3.87. The molecule has 0 spiro atoms. The number of amides is 3. The first kappa shape index (κ1) is 17.9. The van der Waals surface area contributed by atoms with Crippen LogP contribution in [-0.4, -0.2) is 24.3 Å². The Bertz CT molecular complexity index is 920. The minimum Gasteiger partial charge on any atom is -0.459 e. The minimum atomic E-state index is -0.361. The third kappa shape index (κ3) is 5.05. The highest BCUT2D eigenvalue weighted by atomic mass is 16.3. The molecule has 0 aliphatic rings. The van der Waals surface area contributed by atoms with Gasteiger partial charge >= 0.3 is 0 Å². The van der Waals surface area contributed by atoms with Gasteiger partial charge in [0.15, 0.2) is 5.76 Å². The summed E-state index contributed by atoms with van der Waals surface area (Å²) in [5.74, 6) is -0.824. The number of rotatable bonds is 6. The zero-order valence-corrected chi connectivity index (χ0v) is 14.3. The van der Waals surface area contributed by atoms with Crippen LogP contribution >= 0.6 is 0 Å². The van der Waals surface area contributed by atoms with Crippen LogP contribution in [-0.2, 0) is 4.79 Å². The number of furan rings is 1.